The van der Waals surface area contributed by atoms with Gasteiger partial charge in [0.25, 0.3) is 8.32 Å². The number of hydrogen-bond donors (Lipinski definition) is 0. The lowest BCUT2D eigenvalue weighted by molar-refractivity contribution is -0.247. The topological polar surface area (TPSA) is 72.5 Å². The minimum atomic E-state index is -2.76. The van der Waals surface area contributed by atoms with Crippen molar-refractivity contribution >= 4 is 33.0 Å². The predicted molar refractivity (Wildman–Crippen MR) is 229 cm³/mol. The van der Waals surface area contributed by atoms with Gasteiger partial charge in [-0.3, -0.25) is 4.79 Å². The third-order valence-corrected chi connectivity index (χ3v) is 21.1. The van der Waals surface area contributed by atoms with Crippen LogP contribution >= 0.6 is 0 Å². The van der Waals surface area contributed by atoms with Gasteiger partial charge in [-0.15, -0.1) is 0 Å². The van der Waals surface area contributed by atoms with E-state index in [0.717, 1.165) is 11.3 Å². The standard InChI is InChI=1S/C46H68O7Si2/c1-14-49-43(47)35(4)41-31-38(51-44(52-41)36-26-29-37(48-11)30-27-36)28-25-33(2)42(53-54(12,13)45(5,6)7)34(3)32-50-55(46(8,9)10,39-21-17-15-18-22-39)40-23-19-16-20-24-40/h15-30,33-35,38,41-42,44H,14,31-32H2,1-13H3/b28-25-/t33-,34-,35-,38+,41-,42-,44?/m0/s1. The van der Waals surface area contributed by atoms with Gasteiger partial charge in [0.2, 0.25) is 0 Å². The van der Waals surface area contributed by atoms with Crippen LogP contribution < -0.4 is 15.1 Å². The zero-order valence-electron chi connectivity index (χ0n) is 35.8. The van der Waals surface area contributed by atoms with Gasteiger partial charge in [-0.2, -0.15) is 0 Å². The fourth-order valence-electron chi connectivity index (χ4n) is 7.26. The first kappa shape index (κ1) is 44.7. The Labute approximate surface area is 334 Å². The lowest BCUT2D eigenvalue weighted by atomic mass is 9.92. The van der Waals surface area contributed by atoms with Gasteiger partial charge in [0, 0.05) is 24.5 Å². The molecule has 0 amide bonds. The minimum Gasteiger partial charge on any atom is -0.497 e. The van der Waals surface area contributed by atoms with Crippen molar-refractivity contribution in [3.8, 4) is 5.75 Å². The van der Waals surface area contributed by atoms with E-state index < -0.39 is 28.8 Å². The highest BCUT2D eigenvalue weighted by atomic mass is 28.4. The summed E-state index contributed by atoms with van der Waals surface area (Å²) < 4.78 is 38.6. The largest absolute Gasteiger partial charge is 0.497 e. The number of benzene rings is 3. The number of ether oxygens (including phenoxy) is 4. The molecule has 7 atom stereocenters. The van der Waals surface area contributed by atoms with Crippen molar-refractivity contribution in [1.29, 1.82) is 0 Å². The van der Waals surface area contributed by atoms with E-state index in [-0.39, 0.29) is 46.2 Å². The van der Waals surface area contributed by atoms with Gasteiger partial charge in [-0.1, -0.05) is 140 Å². The number of hydrogen-bond acceptors (Lipinski definition) is 7. The van der Waals surface area contributed by atoms with E-state index in [1.807, 2.05) is 38.1 Å². The third kappa shape index (κ3) is 10.9. The molecule has 1 unspecified atom stereocenters. The molecule has 1 saturated heterocycles. The SMILES string of the molecule is CCOC(=O)[C@@H](C)[C@@H]1C[C@@H](/C=C\[C@H](C)[C@H](O[Si](C)(C)C(C)(C)C)[C@@H](C)CO[Si](c2ccccc2)(c2ccccc2)C(C)(C)C)OC(c2ccc(OC)cc2)O1. The normalized spacial score (nSPS) is 20.8. The first-order valence-corrected chi connectivity index (χ1v) is 24.9. The summed E-state index contributed by atoms with van der Waals surface area (Å²) in [6.45, 7) is 27.6. The monoisotopic (exact) mass is 788 g/mol. The molecule has 0 spiro atoms. The molecule has 0 aromatic heterocycles. The Hall–Kier alpha value is -3.06. The molecule has 9 heteroatoms. The molecule has 0 aliphatic carbocycles. The van der Waals surface area contributed by atoms with E-state index in [0.29, 0.717) is 19.6 Å². The molecule has 0 N–H and O–H groups in total. The van der Waals surface area contributed by atoms with Gasteiger partial charge in [-0.25, -0.2) is 0 Å². The van der Waals surface area contributed by atoms with Crippen LogP contribution in [0.5, 0.6) is 5.75 Å². The van der Waals surface area contributed by atoms with Gasteiger partial charge in [0.05, 0.1) is 37.9 Å². The summed E-state index contributed by atoms with van der Waals surface area (Å²) in [7, 11) is -3.31. The van der Waals surface area contributed by atoms with Gasteiger partial charge in [-0.05, 0) is 65.4 Å². The molecule has 1 aliphatic rings. The quantitative estimate of drug-likeness (QED) is 0.0813. The van der Waals surface area contributed by atoms with E-state index in [1.165, 1.54) is 10.4 Å². The van der Waals surface area contributed by atoms with Gasteiger partial charge in [0.15, 0.2) is 14.6 Å². The minimum absolute atomic E-state index is 0.0269. The Morgan fingerprint density at radius 1 is 0.836 bits per heavy atom. The van der Waals surface area contributed by atoms with Crippen molar-refractivity contribution < 1.29 is 32.6 Å². The zero-order valence-corrected chi connectivity index (χ0v) is 37.8. The van der Waals surface area contributed by atoms with Crippen LogP contribution in [-0.4, -0.2) is 61.2 Å². The highest BCUT2D eigenvalue weighted by Gasteiger charge is 2.51. The summed E-state index contributed by atoms with van der Waals surface area (Å²) in [5.41, 5.74) is 0.862. The second-order valence-electron chi connectivity index (χ2n) is 17.8. The molecule has 0 bridgehead atoms. The van der Waals surface area contributed by atoms with Crippen molar-refractivity contribution in [2.75, 3.05) is 20.3 Å². The fraction of sp³-hybridized carbons (Fsp3) is 0.543. The summed E-state index contributed by atoms with van der Waals surface area (Å²) in [6, 6.07) is 29.3. The molecule has 4 rings (SSSR count). The zero-order chi connectivity index (χ0) is 40.6. The maximum atomic E-state index is 12.9. The second-order valence-corrected chi connectivity index (χ2v) is 26.8. The van der Waals surface area contributed by atoms with E-state index >= 15 is 0 Å². The van der Waals surface area contributed by atoms with Crippen LogP contribution in [0.4, 0.5) is 0 Å². The number of rotatable bonds is 16. The third-order valence-electron chi connectivity index (χ3n) is 11.6. The average Bonchev–Trinajstić information content (AvgIpc) is 3.15. The Morgan fingerprint density at radius 2 is 1.40 bits per heavy atom. The van der Waals surface area contributed by atoms with Gasteiger partial charge < -0.3 is 27.8 Å². The Bertz CT molecular complexity index is 1610. The van der Waals surface area contributed by atoms with Crippen LogP contribution in [0.15, 0.2) is 97.1 Å². The molecule has 1 aliphatic heterocycles. The summed E-state index contributed by atoms with van der Waals surface area (Å²) >= 11 is 0. The molecule has 3 aromatic carbocycles. The van der Waals surface area contributed by atoms with Gasteiger partial charge >= 0.3 is 5.97 Å². The molecule has 55 heavy (non-hydrogen) atoms. The predicted octanol–water partition coefficient (Wildman–Crippen LogP) is 9.86. The van der Waals surface area contributed by atoms with E-state index in [2.05, 4.69) is 141 Å². The maximum absolute atomic E-state index is 12.9. The molecule has 0 saturated carbocycles. The highest BCUT2D eigenvalue weighted by Crippen LogP contribution is 2.41. The molecular formula is C46H68O7Si2. The van der Waals surface area contributed by atoms with Crippen molar-refractivity contribution in [3.05, 3.63) is 103 Å². The number of methoxy groups -OCH3 is 1. The first-order valence-electron chi connectivity index (χ1n) is 20.1. The Morgan fingerprint density at radius 3 is 1.89 bits per heavy atom. The first-order chi connectivity index (χ1) is 25.8. The summed E-state index contributed by atoms with van der Waals surface area (Å²) in [6.07, 6.45) is 3.48. The summed E-state index contributed by atoms with van der Waals surface area (Å²) in [5.74, 6) is 0.151. The van der Waals surface area contributed by atoms with Gasteiger partial charge in [0.1, 0.15) is 5.75 Å². The maximum Gasteiger partial charge on any atom is 0.311 e. The molecule has 302 valence electrons. The molecule has 7 nitrogen and oxygen atoms in total. The van der Waals surface area contributed by atoms with Crippen molar-refractivity contribution in [2.24, 2.45) is 17.8 Å². The second kappa shape index (κ2) is 18.9. The fourth-order valence-corrected chi connectivity index (χ4v) is 13.4. The van der Waals surface area contributed by atoms with Crippen LogP contribution in [0.1, 0.15) is 87.5 Å². The molecule has 1 fully saturated rings. The summed E-state index contributed by atoms with van der Waals surface area (Å²) in [5, 5.41) is 2.43. The number of carbonyl (C=O) groups excluding carboxylic acids is 1. The van der Waals surface area contributed by atoms with Crippen molar-refractivity contribution in [1.82, 2.24) is 0 Å². The highest BCUT2D eigenvalue weighted by molar-refractivity contribution is 6.99. The lowest BCUT2D eigenvalue weighted by Gasteiger charge is -2.45. The Kier molecular flexibility index (Phi) is 15.4. The van der Waals surface area contributed by atoms with Crippen LogP contribution in [0.25, 0.3) is 0 Å². The van der Waals surface area contributed by atoms with E-state index in [9.17, 15) is 4.79 Å². The smallest absolute Gasteiger partial charge is 0.311 e. The molecular weight excluding hydrogens is 721 g/mol. The number of carbonyl (C=O) groups is 1. The van der Waals surface area contributed by atoms with Crippen LogP contribution in [0, 0.1) is 17.8 Å². The van der Waals surface area contributed by atoms with Crippen molar-refractivity contribution in [3.63, 3.8) is 0 Å². The number of esters is 1. The lowest BCUT2D eigenvalue weighted by Crippen LogP contribution is -2.67. The summed E-state index contributed by atoms with van der Waals surface area (Å²) in [4.78, 5) is 12.9. The average molecular weight is 789 g/mol. The van der Waals surface area contributed by atoms with Crippen LogP contribution in [-0.2, 0) is 27.9 Å². The van der Waals surface area contributed by atoms with Crippen molar-refractivity contribution in [2.45, 2.75) is 123 Å². The molecule has 0 radical (unpaired) electrons. The molecule has 1 heterocycles. The Balaban J connectivity index is 1.67. The van der Waals surface area contributed by atoms with Crippen LogP contribution in [0.2, 0.25) is 23.2 Å². The molecule has 3 aromatic rings. The van der Waals surface area contributed by atoms with Crippen LogP contribution in [0.3, 0.4) is 0 Å². The van der Waals surface area contributed by atoms with E-state index in [4.69, 9.17) is 27.8 Å². The van der Waals surface area contributed by atoms with E-state index in [1.54, 1.807) is 7.11 Å².